The Labute approximate surface area is 109 Å². The van der Waals surface area contributed by atoms with E-state index in [0.717, 1.165) is 0 Å². The highest BCUT2D eigenvalue weighted by Crippen LogP contribution is 2.45. The summed E-state index contributed by atoms with van der Waals surface area (Å²) in [4.78, 5) is 11.2. The Bertz CT molecular complexity index is 576. The fourth-order valence-corrected chi connectivity index (χ4v) is 1.54. The predicted octanol–water partition coefficient (Wildman–Crippen LogP) is 2.93. The van der Waals surface area contributed by atoms with E-state index < -0.39 is 17.6 Å². The number of benzene rings is 1. The monoisotopic (exact) mass is 263 g/mol. The minimum atomic E-state index is -0.772. The van der Waals surface area contributed by atoms with Gasteiger partial charge >= 0.3 is 6.09 Å². The molecule has 0 aliphatic heterocycles. The molecule has 0 bridgehead atoms. The molecule has 6 nitrogen and oxygen atoms in total. The molecule has 1 heterocycles. The van der Waals surface area contributed by atoms with Gasteiger partial charge in [0.15, 0.2) is 5.76 Å². The van der Waals surface area contributed by atoms with Gasteiger partial charge in [0.1, 0.15) is 0 Å². The predicted molar refractivity (Wildman–Crippen MR) is 68.1 cm³/mol. The minimum Gasteiger partial charge on any atom is -0.502 e. The first-order valence-electron chi connectivity index (χ1n) is 5.67. The molecule has 100 valence electrons. The largest absolute Gasteiger partial charge is 0.502 e. The number of nitrogens with one attached hydrogen (secondary N) is 1. The molecule has 0 radical (unpaired) electrons. The quantitative estimate of drug-likeness (QED) is 0.791. The highest BCUT2D eigenvalue weighted by atomic mass is 16.6. The summed E-state index contributed by atoms with van der Waals surface area (Å²) in [6.45, 7) is 1.83. The summed E-state index contributed by atoms with van der Waals surface area (Å²) in [5.74, 6) is -1.15. The highest BCUT2D eigenvalue weighted by molar-refractivity contribution is 5.87. The van der Waals surface area contributed by atoms with Crippen molar-refractivity contribution >= 4 is 12.0 Å². The standard InChI is InChI=1S/C13H13NO5/c1-2-18-13(17)14-12-10(16)9(15)11(19-12)8-6-4-3-5-7-8/h3-7,15-16H,2H2,1H3,(H,14,17). The highest BCUT2D eigenvalue weighted by Gasteiger charge is 2.22. The van der Waals surface area contributed by atoms with Crippen molar-refractivity contribution in [3.8, 4) is 22.8 Å². The molecule has 2 aromatic rings. The molecule has 0 aliphatic rings. The molecule has 0 saturated heterocycles. The Morgan fingerprint density at radius 2 is 1.95 bits per heavy atom. The van der Waals surface area contributed by atoms with E-state index in [1.165, 1.54) is 0 Å². The normalized spacial score (nSPS) is 10.2. The van der Waals surface area contributed by atoms with Gasteiger partial charge in [-0.05, 0) is 6.92 Å². The molecule has 1 aromatic heterocycles. The lowest BCUT2D eigenvalue weighted by Crippen LogP contribution is -2.12. The number of hydrogen-bond acceptors (Lipinski definition) is 5. The van der Waals surface area contributed by atoms with Gasteiger partial charge in [0, 0.05) is 5.56 Å². The summed E-state index contributed by atoms with van der Waals surface area (Å²) in [7, 11) is 0. The Hall–Kier alpha value is -2.63. The Morgan fingerprint density at radius 1 is 1.26 bits per heavy atom. The third-order valence-corrected chi connectivity index (χ3v) is 2.39. The molecular formula is C13H13NO5. The molecule has 0 unspecified atom stereocenters. The summed E-state index contributed by atoms with van der Waals surface area (Å²) in [5.41, 5.74) is 0.576. The third kappa shape index (κ3) is 2.62. The van der Waals surface area contributed by atoms with Crippen molar-refractivity contribution < 1.29 is 24.2 Å². The maximum absolute atomic E-state index is 11.2. The zero-order valence-electron chi connectivity index (χ0n) is 10.2. The number of carbonyl (C=O) groups is 1. The van der Waals surface area contributed by atoms with E-state index in [4.69, 9.17) is 4.42 Å². The van der Waals surface area contributed by atoms with Crippen molar-refractivity contribution in [3.63, 3.8) is 0 Å². The van der Waals surface area contributed by atoms with Gasteiger partial charge < -0.3 is 19.4 Å². The number of anilines is 1. The van der Waals surface area contributed by atoms with Gasteiger partial charge in [0.25, 0.3) is 0 Å². The van der Waals surface area contributed by atoms with Crippen molar-refractivity contribution in [2.75, 3.05) is 11.9 Å². The van der Waals surface area contributed by atoms with E-state index in [2.05, 4.69) is 10.1 Å². The molecular weight excluding hydrogens is 250 g/mol. The second-order valence-electron chi connectivity index (χ2n) is 3.67. The van der Waals surface area contributed by atoms with Gasteiger partial charge in [-0.15, -0.1) is 0 Å². The number of rotatable bonds is 3. The molecule has 0 atom stereocenters. The van der Waals surface area contributed by atoms with E-state index in [1.54, 1.807) is 37.3 Å². The molecule has 0 spiro atoms. The molecule has 19 heavy (non-hydrogen) atoms. The average molecular weight is 263 g/mol. The summed E-state index contributed by atoms with van der Waals surface area (Å²) in [5, 5.41) is 21.7. The third-order valence-electron chi connectivity index (χ3n) is 2.39. The lowest BCUT2D eigenvalue weighted by Gasteiger charge is -2.01. The van der Waals surface area contributed by atoms with Gasteiger partial charge in [0.2, 0.25) is 17.4 Å². The summed E-state index contributed by atoms with van der Waals surface area (Å²) in [6.07, 6.45) is -0.772. The van der Waals surface area contributed by atoms with Crippen LogP contribution in [0.3, 0.4) is 0 Å². The molecule has 0 fully saturated rings. The van der Waals surface area contributed by atoms with Crippen LogP contribution in [0, 0.1) is 0 Å². The van der Waals surface area contributed by atoms with Crippen molar-refractivity contribution in [2.45, 2.75) is 6.92 Å². The molecule has 3 N–H and O–H groups in total. The summed E-state index contributed by atoms with van der Waals surface area (Å²) >= 11 is 0. The SMILES string of the molecule is CCOC(=O)Nc1oc(-c2ccccc2)c(O)c1O. The van der Waals surface area contributed by atoms with Crippen LogP contribution in [-0.2, 0) is 4.74 Å². The maximum Gasteiger partial charge on any atom is 0.414 e. The first-order valence-corrected chi connectivity index (χ1v) is 5.67. The fraction of sp³-hybridized carbons (Fsp3) is 0.154. The van der Waals surface area contributed by atoms with E-state index >= 15 is 0 Å². The number of carbonyl (C=O) groups excluding carboxylic acids is 1. The number of hydrogen-bond donors (Lipinski definition) is 3. The van der Waals surface area contributed by atoms with Gasteiger partial charge in [-0.3, -0.25) is 5.32 Å². The molecule has 0 aliphatic carbocycles. The van der Waals surface area contributed by atoms with Crippen LogP contribution < -0.4 is 5.32 Å². The molecule has 6 heteroatoms. The van der Waals surface area contributed by atoms with Crippen LogP contribution in [-0.4, -0.2) is 22.9 Å². The fourth-order valence-electron chi connectivity index (χ4n) is 1.54. The number of amides is 1. The molecule has 1 aromatic carbocycles. The number of aromatic hydroxyl groups is 2. The zero-order chi connectivity index (χ0) is 13.8. The average Bonchev–Trinajstić information content (AvgIpc) is 2.68. The van der Waals surface area contributed by atoms with Crippen molar-refractivity contribution in [3.05, 3.63) is 30.3 Å². The first-order chi connectivity index (χ1) is 9.13. The number of furan rings is 1. The van der Waals surface area contributed by atoms with Crippen molar-refractivity contribution in [1.82, 2.24) is 0 Å². The van der Waals surface area contributed by atoms with Crippen LogP contribution in [0.5, 0.6) is 11.5 Å². The zero-order valence-corrected chi connectivity index (χ0v) is 10.2. The maximum atomic E-state index is 11.2. The summed E-state index contributed by atoms with van der Waals surface area (Å²) in [6, 6.07) is 8.72. The van der Waals surface area contributed by atoms with Crippen LogP contribution in [0.25, 0.3) is 11.3 Å². The lowest BCUT2D eigenvalue weighted by atomic mass is 10.1. The summed E-state index contributed by atoms with van der Waals surface area (Å²) < 4.78 is 9.89. The Morgan fingerprint density at radius 3 is 2.58 bits per heavy atom. The first kappa shape index (κ1) is 12.8. The molecule has 2 rings (SSSR count). The Balaban J connectivity index is 2.31. The second kappa shape index (κ2) is 5.34. The van der Waals surface area contributed by atoms with Crippen molar-refractivity contribution in [1.29, 1.82) is 0 Å². The van der Waals surface area contributed by atoms with E-state index in [1.807, 2.05) is 0 Å². The minimum absolute atomic E-state index is 0.0740. The smallest absolute Gasteiger partial charge is 0.414 e. The van der Waals surface area contributed by atoms with Crippen LogP contribution in [0.4, 0.5) is 10.7 Å². The van der Waals surface area contributed by atoms with E-state index in [9.17, 15) is 15.0 Å². The molecule has 0 saturated carbocycles. The van der Waals surface area contributed by atoms with Crippen LogP contribution >= 0.6 is 0 Å². The van der Waals surface area contributed by atoms with E-state index in [-0.39, 0.29) is 18.3 Å². The van der Waals surface area contributed by atoms with Gasteiger partial charge in [-0.1, -0.05) is 30.3 Å². The van der Waals surface area contributed by atoms with Crippen LogP contribution in [0.1, 0.15) is 6.92 Å². The Kier molecular flexibility index (Phi) is 3.61. The van der Waals surface area contributed by atoms with E-state index in [0.29, 0.717) is 5.56 Å². The van der Waals surface area contributed by atoms with Gasteiger partial charge in [0.05, 0.1) is 6.61 Å². The van der Waals surface area contributed by atoms with Crippen LogP contribution in [0.2, 0.25) is 0 Å². The van der Waals surface area contributed by atoms with Crippen molar-refractivity contribution in [2.24, 2.45) is 0 Å². The van der Waals surface area contributed by atoms with Crippen LogP contribution in [0.15, 0.2) is 34.7 Å². The second-order valence-corrected chi connectivity index (χ2v) is 3.67. The number of ether oxygens (including phenoxy) is 1. The van der Waals surface area contributed by atoms with Gasteiger partial charge in [-0.25, -0.2) is 4.79 Å². The van der Waals surface area contributed by atoms with Gasteiger partial charge in [-0.2, -0.15) is 0 Å². The topological polar surface area (TPSA) is 91.9 Å². The lowest BCUT2D eigenvalue weighted by molar-refractivity contribution is 0.167. The molecule has 1 amide bonds.